The molecule has 376 valence electrons. The number of thiophene rings is 1. The van der Waals surface area contributed by atoms with Gasteiger partial charge in [-0.05, 0) is 85.3 Å². The van der Waals surface area contributed by atoms with Gasteiger partial charge < -0.3 is 10.6 Å². The van der Waals surface area contributed by atoms with Crippen molar-refractivity contribution in [2.24, 2.45) is 20.5 Å². The predicted octanol–water partition coefficient (Wildman–Crippen LogP) is 10.5. The molecular formula is C40H24Cl3N9O15S6. The van der Waals surface area contributed by atoms with Crippen molar-refractivity contribution in [1.82, 2.24) is 4.98 Å². The zero-order chi connectivity index (χ0) is 53.7. The zero-order valence-electron chi connectivity index (χ0n) is 35.6. The van der Waals surface area contributed by atoms with E-state index in [9.17, 15) is 75.4 Å². The molecule has 0 bridgehead atoms. The molecular weight excluding hydrogens is 1150 g/mol. The first kappa shape index (κ1) is 54.2. The van der Waals surface area contributed by atoms with Gasteiger partial charge in [0.1, 0.15) is 48.0 Å². The van der Waals surface area contributed by atoms with Crippen LogP contribution in [-0.4, -0.2) is 69.8 Å². The number of nitrogens with one attached hydrogen (secondary N) is 2. The maximum atomic E-state index is 12.6. The number of rotatable bonds is 14. The Bertz CT molecular complexity index is 4260. The lowest BCUT2D eigenvalue weighted by atomic mass is 10.0. The number of hydrogen-bond donors (Lipinski definition) is 7. The van der Waals surface area contributed by atoms with Crippen LogP contribution >= 0.6 is 46.1 Å². The highest BCUT2D eigenvalue weighted by Gasteiger charge is 2.28. The van der Waals surface area contributed by atoms with E-state index in [1.807, 2.05) is 12.1 Å². The van der Waals surface area contributed by atoms with E-state index in [1.54, 1.807) is 0 Å². The molecule has 7 N–H and O–H groups in total. The van der Waals surface area contributed by atoms with Gasteiger partial charge in [-0.15, -0.1) is 20.5 Å². The van der Waals surface area contributed by atoms with Gasteiger partial charge in [0.2, 0.25) is 0 Å². The zero-order valence-corrected chi connectivity index (χ0v) is 42.8. The number of azo groups is 2. The van der Waals surface area contributed by atoms with Crippen LogP contribution in [0, 0.1) is 29.6 Å². The van der Waals surface area contributed by atoms with Crippen molar-refractivity contribution < 1.29 is 64.9 Å². The van der Waals surface area contributed by atoms with Gasteiger partial charge in [0.25, 0.3) is 50.6 Å². The summed E-state index contributed by atoms with van der Waals surface area (Å²) in [6.07, 6.45) is 0. The number of pyridine rings is 1. The van der Waals surface area contributed by atoms with E-state index in [0.29, 0.717) is 29.5 Å². The smallest absolute Gasteiger partial charge is 0.296 e. The summed E-state index contributed by atoms with van der Waals surface area (Å²) in [6.45, 7) is 1.38. The van der Waals surface area contributed by atoms with Crippen LogP contribution in [0.15, 0.2) is 130 Å². The van der Waals surface area contributed by atoms with E-state index >= 15 is 0 Å². The van der Waals surface area contributed by atoms with Crippen molar-refractivity contribution in [1.29, 1.82) is 10.5 Å². The third kappa shape index (κ3) is 11.8. The summed E-state index contributed by atoms with van der Waals surface area (Å²) < 4.78 is 172. The second kappa shape index (κ2) is 20.0. The van der Waals surface area contributed by atoms with E-state index in [-0.39, 0.29) is 81.6 Å². The first-order valence-electron chi connectivity index (χ1n) is 19.1. The van der Waals surface area contributed by atoms with Gasteiger partial charge >= 0.3 is 0 Å². The van der Waals surface area contributed by atoms with E-state index < -0.39 is 91.5 Å². The van der Waals surface area contributed by atoms with Crippen LogP contribution in [0.5, 0.6) is 0 Å². The molecule has 0 saturated carbocycles. The van der Waals surface area contributed by atoms with Crippen LogP contribution in [0.3, 0.4) is 0 Å². The maximum Gasteiger partial charge on any atom is 0.296 e. The molecule has 33 heteroatoms. The van der Waals surface area contributed by atoms with Gasteiger partial charge in [0.15, 0.2) is 16.6 Å². The van der Waals surface area contributed by atoms with Crippen LogP contribution in [0.2, 0.25) is 15.1 Å². The quantitative estimate of drug-likeness (QED) is 0.0393. The molecule has 0 spiro atoms. The lowest BCUT2D eigenvalue weighted by molar-refractivity contribution is 0.478. The lowest BCUT2D eigenvalue weighted by Gasteiger charge is -2.16. The summed E-state index contributed by atoms with van der Waals surface area (Å²) >= 11 is 18.8. The Kier molecular flexibility index (Phi) is 14.9. The fraction of sp³-hybridized carbons (Fsp3) is 0.0250. The van der Waals surface area contributed by atoms with Crippen LogP contribution in [0.1, 0.15) is 16.7 Å². The minimum Gasteiger partial charge on any atom is -0.339 e. The number of benzene rings is 5. The molecule has 0 atom stereocenters. The second-order valence-corrected chi connectivity index (χ2v) is 23.8. The third-order valence-corrected chi connectivity index (χ3v) is 16.4. The fourth-order valence-corrected chi connectivity index (χ4v) is 11.8. The molecule has 73 heavy (non-hydrogen) atoms. The van der Waals surface area contributed by atoms with Crippen molar-refractivity contribution in [3.05, 3.63) is 117 Å². The molecule has 7 rings (SSSR count). The molecule has 0 aliphatic rings. The van der Waals surface area contributed by atoms with Crippen LogP contribution in [-0.2, 0) is 50.6 Å². The van der Waals surface area contributed by atoms with Gasteiger partial charge in [0.05, 0.1) is 26.2 Å². The molecule has 0 amide bonds. The Morgan fingerprint density at radius 1 is 0.548 bits per heavy atom. The highest BCUT2D eigenvalue weighted by Crippen LogP contribution is 2.49. The molecule has 0 saturated heterocycles. The molecule has 0 aliphatic carbocycles. The van der Waals surface area contributed by atoms with E-state index in [0.717, 1.165) is 30.3 Å². The number of halogens is 3. The Morgan fingerprint density at radius 3 is 1.55 bits per heavy atom. The predicted molar refractivity (Wildman–Crippen MR) is 264 cm³/mol. The van der Waals surface area contributed by atoms with Crippen LogP contribution < -0.4 is 10.6 Å². The van der Waals surface area contributed by atoms with Crippen LogP contribution in [0.25, 0.3) is 21.9 Å². The number of anilines is 4. The van der Waals surface area contributed by atoms with Gasteiger partial charge in [-0.1, -0.05) is 58.3 Å². The molecule has 2 aromatic heterocycles. The molecule has 0 unspecified atom stereocenters. The molecule has 0 aliphatic heterocycles. The molecule has 5 aromatic carbocycles. The Morgan fingerprint density at radius 2 is 1.04 bits per heavy atom. The number of nitrogens with zero attached hydrogens (tertiary/aromatic N) is 7. The number of fused-ring (bicyclic) bond motifs is 1. The highest BCUT2D eigenvalue weighted by atomic mass is 35.5. The summed E-state index contributed by atoms with van der Waals surface area (Å²) in [5.74, 6) is -0.578. The van der Waals surface area contributed by atoms with Gasteiger partial charge in [-0.25, -0.2) is 4.98 Å². The van der Waals surface area contributed by atoms with E-state index in [1.165, 1.54) is 43.3 Å². The highest BCUT2D eigenvalue weighted by molar-refractivity contribution is 7.87. The largest absolute Gasteiger partial charge is 0.339 e. The molecule has 0 fully saturated rings. The van der Waals surface area contributed by atoms with Gasteiger partial charge in [0, 0.05) is 38.3 Å². The number of aromatic nitrogens is 1. The van der Waals surface area contributed by atoms with Gasteiger partial charge in [-0.2, -0.15) is 52.6 Å². The summed E-state index contributed by atoms with van der Waals surface area (Å²) in [4.78, 5) is -0.516. The number of nitriles is 2. The molecule has 7 aromatic rings. The van der Waals surface area contributed by atoms with Crippen molar-refractivity contribution in [2.75, 3.05) is 10.6 Å². The normalized spacial score (nSPS) is 12.6. The summed E-state index contributed by atoms with van der Waals surface area (Å²) in [6, 6.07) is 18.8. The minimum atomic E-state index is -5.40. The second-order valence-electron chi connectivity index (χ2n) is 14.6. The first-order chi connectivity index (χ1) is 33.9. The fourth-order valence-electron chi connectivity index (χ4n) is 6.69. The van der Waals surface area contributed by atoms with E-state index in [4.69, 9.17) is 34.8 Å². The van der Waals surface area contributed by atoms with Crippen molar-refractivity contribution >= 4 is 152 Å². The third-order valence-electron chi connectivity index (χ3n) is 9.89. The lowest BCUT2D eigenvalue weighted by Crippen LogP contribution is -2.07. The van der Waals surface area contributed by atoms with Gasteiger partial charge in [-0.3, -0.25) is 22.8 Å². The average molecular weight is 1170 g/mol. The Labute approximate surface area is 431 Å². The molecule has 24 nitrogen and oxygen atoms in total. The van der Waals surface area contributed by atoms with Crippen molar-refractivity contribution in [3.63, 3.8) is 0 Å². The van der Waals surface area contributed by atoms with Crippen LogP contribution in [0.4, 0.5) is 44.4 Å². The van der Waals surface area contributed by atoms with E-state index in [2.05, 4.69) is 36.1 Å². The Balaban J connectivity index is 1.44. The first-order valence-corrected chi connectivity index (χ1v) is 28.3. The molecule has 2 heterocycles. The average Bonchev–Trinajstić information content (AvgIpc) is 3.64. The molecule has 0 radical (unpaired) electrons. The monoisotopic (exact) mass is 1170 g/mol. The SMILES string of the molecule is Cc1c(C#N)c(Nc2ccc(Cl)c(S(=O)(=O)O)c2)nc(Nc2ccc(Cl)c(S(=O)(=O)O)c2)c1N=Nc1sc(N=Nc2cc(S(=O)(=O)O)c3cc(S(=O)(=O)O)cc(S(=O)(=O)O)c3c2)c(-c2ccc(Cl)cc2)c1C#N. The topological polar surface area (TPSA) is 406 Å². The van der Waals surface area contributed by atoms with Crippen molar-refractivity contribution in [3.8, 4) is 23.3 Å². The summed E-state index contributed by atoms with van der Waals surface area (Å²) in [5.41, 5.74) is -1.17. The van der Waals surface area contributed by atoms with Crippen molar-refractivity contribution in [2.45, 2.75) is 31.4 Å². The summed E-state index contributed by atoms with van der Waals surface area (Å²) in [7, 11) is -25.8. The maximum absolute atomic E-state index is 12.6. The number of hydrogen-bond acceptors (Lipinski definition) is 20. The standard InChI is InChI=1S/C40H24Cl3N9O15S6/c1-18-27(16-44)37(46-21-6-8-29(42)33(11-21)72(62,63)64)48-38(47-22-7-9-30(43)34(12-22)73(65,66)67)36(18)50-51-39-28(17-45)35(19-2-4-20(41)5-3-19)40(68-39)52-49-23-10-25-26(31(13-23)70(56,57)58)14-24(69(53,54)55)15-32(25)71(59,60)61/h2-15H,1H3,(H2,46,47,48)(H,53,54,55)(H,56,57,58)(H,59,60,61)(H,62,63,64)(H,65,66,67). The summed E-state index contributed by atoms with van der Waals surface area (Å²) in [5, 5.41) is 41.1. The minimum absolute atomic E-state index is 0.00525. The Hall–Kier alpha value is -6.59.